The second kappa shape index (κ2) is 11.0. The number of nitrogens with one attached hydrogen (secondary N) is 1. The molecule has 1 N–H and O–H groups in total. The van der Waals surface area contributed by atoms with Crippen LogP contribution in [0.1, 0.15) is 31.9 Å². The van der Waals surface area contributed by atoms with Crippen LogP contribution in [0.3, 0.4) is 0 Å². The number of carbonyl (C=O) groups excluding carboxylic acids is 1. The molecule has 0 unspecified atom stereocenters. The third-order valence-electron chi connectivity index (χ3n) is 5.22. The standard InChI is InChI=1S/C26H30N2O4S/c1-20(2)18-25(21-10-6-4-7-11-21)27-26(29)19-28(22-14-16-23(32-3)17-15-22)33(30,31)24-12-8-5-9-13-24/h4-17,20,25H,18-19H2,1-3H3,(H,27,29)/t25-/m1/s1. The van der Waals surface area contributed by atoms with Gasteiger partial charge in [0.1, 0.15) is 12.3 Å². The van der Waals surface area contributed by atoms with Crippen molar-refractivity contribution in [3.05, 3.63) is 90.5 Å². The molecule has 174 valence electrons. The van der Waals surface area contributed by atoms with E-state index in [0.717, 1.165) is 16.3 Å². The van der Waals surface area contributed by atoms with Crippen LogP contribution in [0.5, 0.6) is 5.75 Å². The van der Waals surface area contributed by atoms with E-state index in [0.29, 0.717) is 17.4 Å². The highest BCUT2D eigenvalue weighted by Crippen LogP contribution is 2.26. The maximum absolute atomic E-state index is 13.5. The largest absolute Gasteiger partial charge is 0.497 e. The Morgan fingerprint density at radius 3 is 2.03 bits per heavy atom. The normalized spacial score (nSPS) is 12.2. The number of sulfonamides is 1. The smallest absolute Gasteiger partial charge is 0.264 e. The van der Waals surface area contributed by atoms with E-state index in [-0.39, 0.29) is 23.4 Å². The highest BCUT2D eigenvalue weighted by molar-refractivity contribution is 7.92. The Morgan fingerprint density at radius 1 is 0.909 bits per heavy atom. The van der Waals surface area contributed by atoms with E-state index in [1.54, 1.807) is 49.6 Å². The molecule has 1 atom stereocenters. The minimum atomic E-state index is -3.96. The molecular weight excluding hydrogens is 436 g/mol. The van der Waals surface area contributed by atoms with Gasteiger partial charge < -0.3 is 10.1 Å². The zero-order valence-corrected chi connectivity index (χ0v) is 20.0. The number of methoxy groups -OCH3 is 1. The van der Waals surface area contributed by atoms with Crippen molar-refractivity contribution in [2.75, 3.05) is 18.0 Å². The first kappa shape index (κ1) is 24.3. The lowest BCUT2D eigenvalue weighted by molar-refractivity contribution is -0.120. The van der Waals surface area contributed by atoms with Crippen molar-refractivity contribution >= 4 is 21.6 Å². The fourth-order valence-corrected chi connectivity index (χ4v) is 5.03. The van der Waals surface area contributed by atoms with Crippen molar-refractivity contribution in [1.29, 1.82) is 0 Å². The topological polar surface area (TPSA) is 75.7 Å². The van der Waals surface area contributed by atoms with Crippen LogP contribution in [0.2, 0.25) is 0 Å². The van der Waals surface area contributed by atoms with Gasteiger partial charge in [-0.15, -0.1) is 0 Å². The summed E-state index contributed by atoms with van der Waals surface area (Å²) in [5.41, 5.74) is 1.37. The number of hydrogen-bond acceptors (Lipinski definition) is 4. The van der Waals surface area contributed by atoms with E-state index >= 15 is 0 Å². The van der Waals surface area contributed by atoms with Crippen LogP contribution in [0.25, 0.3) is 0 Å². The highest BCUT2D eigenvalue weighted by atomic mass is 32.2. The molecule has 3 aromatic carbocycles. The van der Waals surface area contributed by atoms with Crippen LogP contribution in [0.15, 0.2) is 89.8 Å². The molecule has 0 radical (unpaired) electrons. The molecule has 1 amide bonds. The van der Waals surface area contributed by atoms with Gasteiger partial charge in [0.25, 0.3) is 10.0 Å². The van der Waals surface area contributed by atoms with Gasteiger partial charge in [0, 0.05) is 0 Å². The Labute approximate surface area is 196 Å². The molecule has 7 heteroatoms. The molecule has 3 rings (SSSR count). The molecule has 6 nitrogen and oxygen atoms in total. The molecule has 0 saturated carbocycles. The minimum Gasteiger partial charge on any atom is -0.497 e. The van der Waals surface area contributed by atoms with Gasteiger partial charge >= 0.3 is 0 Å². The molecule has 33 heavy (non-hydrogen) atoms. The summed E-state index contributed by atoms with van der Waals surface area (Å²) in [5.74, 6) is 0.572. The van der Waals surface area contributed by atoms with Crippen molar-refractivity contribution < 1.29 is 17.9 Å². The second-order valence-corrected chi connectivity index (χ2v) is 10.0. The van der Waals surface area contributed by atoms with Crippen LogP contribution in [0, 0.1) is 5.92 Å². The lowest BCUT2D eigenvalue weighted by Gasteiger charge is -2.26. The average molecular weight is 467 g/mol. The van der Waals surface area contributed by atoms with E-state index < -0.39 is 10.0 Å². The number of carbonyl (C=O) groups is 1. The summed E-state index contributed by atoms with van der Waals surface area (Å²) in [6.07, 6.45) is 0.740. The van der Waals surface area contributed by atoms with Crippen LogP contribution < -0.4 is 14.4 Å². The maximum Gasteiger partial charge on any atom is 0.264 e. The van der Waals surface area contributed by atoms with Crippen molar-refractivity contribution in [2.24, 2.45) is 5.92 Å². The highest BCUT2D eigenvalue weighted by Gasteiger charge is 2.28. The zero-order chi connectivity index (χ0) is 23.8. The fourth-order valence-electron chi connectivity index (χ4n) is 3.59. The van der Waals surface area contributed by atoms with E-state index in [4.69, 9.17) is 4.74 Å². The summed E-state index contributed by atoms with van der Waals surface area (Å²) in [5, 5.41) is 3.04. The summed E-state index contributed by atoms with van der Waals surface area (Å²) in [7, 11) is -2.42. The van der Waals surface area contributed by atoms with E-state index in [1.165, 1.54) is 12.1 Å². The third-order valence-corrected chi connectivity index (χ3v) is 7.01. The number of nitrogens with zero attached hydrogens (tertiary/aromatic N) is 1. The fraction of sp³-hybridized carbons (Fsp3) is 0.269. The van der Waals surface area contributed by atoms with Gasteiger partial charge in [-0.2, -0.15) is 0 Å². The number of anilines is 1. The molecule has 0 aromatic heterocycles. The van der Waals surface area contributed by atoms with Crippen molar-refractivity contribution in [3.63, 3.8) is 0 Å². The Hall–Kier alpha value is -3.32. The lowest BCUT2D eigenvalue weighted by Crippen LogP contribution is -2.42. The van der Waals surface area contributed by atoms with Gasteiger partial charge in [-0.25, -0.2) is 8.42 Å². The molecule has 0 fully saturated rings. The van der Waals surface area contributed by atoms with Crippen molar-refractivity contribution in [2.45, 2.75) is 31.2 Å². The maximum atomic E-state index is 13.5. The van der Waals surface area contributed by atoms with Gasteiger partial charge in [-0.05, 0) is 54.3 Å². The number of ether oxygens (including phenoxy) is 1. The SMILES string of the molecule is COc1ccc(N(CC(=O)N[C@H](CC(C)C)c2ccccc2)S(=O)(=O)c2ccccc2)cc1. The summed E-state index contributed by atoms with van der Waals surface area (Å²) in [6, 6.07) is 24.2. The molecule has 0 aliphatic heterocycles. The molecule has 0 aliphatic carbocycles. The van der Waals surface area contributed by atoms with Crippen molar-refractivity contribution in [1.82, 2.24) is 5.32 Å². The van der Waals surface area contributed by atoms with Crippen LogP contribution in [-0.4, -0.2) is 28.0 Å². The summed E-state index contributed by atoms with van der Waals surface area (Å²) >= 11 is 0. The molecule has 0 bridgehead atoms. The van der Waals surface area contributed by atoms with E-state index in [9.17, 15) is 13.2 Å². The second-order valence-electron chi connectivity index (χ2n) is 8.18. The van der Waals surface area contributed by atoms with Gasteiger partial charge in [0.2, 0.25) is 5.91 Å². The molecule has 0 saturated heterocycles. The average Bonchev–Trinajstić information content (AvgIpc) is 2.83. The predicted octanol–water partition coefficient (Wildman–Crippen LogP) is 4.79. The number of amides is 1. The Bertz CT molecular complexity index is 1130. The molecule has 0 spiro atoms. The first-order valence-corrected chi connectivity index (χ1v) is 12.3. The van der Waals surface area contributed by atoms with Gasteiger partial charge in [0.05, 0.1) is 23.7 Å². The number of rotatable bonds is 10. The van der Waals surface area contributed by atoms with Crippen LogP contribution in [-0.2, 0) is 14.8 Å². The van der Waals surface area contributed by atoms with Crippen LogP contribution >= 0.6 is 0 Å². The first-order chi connectivity index (χ1) is 15.8. The molecule has 0 aliphatic rings. The minimum absolute atomic E-state index is 0.121. The Morgan fingerprint density at radius 2 is 1.48 bits per heavy atom. The Kier molecular flexibility index (Phi) is 8.11. The molecule has 0 heterocycles. The monoisotopic (exact) mass is 466 g/mol. The van der Waals surface area contributed by atoms with E-state index in [2.05, 4.69) is 19.2 Å². The third kappa shape index (κ3) is 6.35. The lowest BCUT2D eigenvalue weighted by atomic mass is 9.97. The summed E-state index contributed by atoms with van der Waals surface area (Å²) < 4.78 is 33.3. The van der Waals surface area contributed by atoms with Crippen molar-refractivity contribution in [3.8, 4) is 5.75 Å². The van der Waals surface area contributed by atoms with Gasteiger partial charge in [0.15, 0.2) is 0 Å². The number of benzene rings is 3. The molecule has 3 aromatic rings. The van der Waals surface area contributed by atoms with Gasteiger partial charge in [-0.1, -0.05) is 62.4 Å². The summed E-state index contributed by atoms with van der Waals surface area (Å²) in [4.78, 5) is 13.3. The Balaban J connectivity index is 1.91. The quantitative estimate of drug-likeness (QED) is 0.466. The van der Waals surface area contributed by atoms with Gasteiger partial charge in [-0.3, -0.25) is 9.10 Å². The summed E-state index contributed by atoms with van der Waals surface area (Å²) in [6.45, 7) is 3.84. The van der Waals surface area contributed by atoms with Crippen LogP contribution in [0.4, 0.5) is 5.69 Å². The predicted molar refractivity (Wildman–Crippen MR) is 131 cm³/mol. The number of hydrogen-bond donors (Lipinski definition) is 1. The van der Waals surface area contributed by atoms with E-state index in [1.807, 2.05) is 30.3 Å². The zero-order valence-electron chi connectivity index (χ0n) is 19.1. The molecular formula is C26H30N2O4S. The first-order valence-electron chi connectivity index (χ1n) is 10.9.